The van der Waals surface area contributed by atoms with Gasteiger partial charge in [-0.05, 0) is 87.6 Å². The third kappa shape index (κ3) is 7.49. The van der Waals surface area contributed by atoms with Crippen molar-refractivity contribution in [3.63, 3.8) is 0 Å². The van der Waals surface area contributed by atoms with Gasteiger partial charge in [-0.3, -0.25) is 0 Å². The van der Waals surface area contributed by atoms with Crippen LogP contribution in [0.5, 0.6) is 0 Å². The summed E-state index contributed by atoms with van der Waals surface area (Å²) in [4.78, 5) is 24.1. The lowest BCUT2D eigenvalue weighted by Crippen LogP contribution is -2.28. The molecule has 0 bridgehead atoms. The van der Waals surface area contributed by atoms with Crippen molar-refractivity contribution in [2.45, 2.75) is 109 Å². The van der Waals surface area contributed by atoms with E-state index in [0.717, 1.165) is 88.5 Å². The van der Waals surface area contributed by atoms with Crippen molar-refractivity contribution >= 4 is 41.3 Å². The molecule has 0 aromatic heterocycles. The Bertz CT molecular complexity index is 1620. The Kier molecular flexibility index (Phi) is 11.6. The van der Waals surface area contributed by atoms with E-state index in [2.05, 4.69) is 110 Å². The molecule has 0 saturated carbocycles. The van der Waals surface area contributed by atoms with Gasteiger partial charge in [0.05, 0.1) is 5.41 Å². The van der Waals surface area contributed by atoms with E-state index in [1.807, 2.05) is 0 Å². The molecule has 2 aromatic rings. The molecule has 0 radical (unpaired) electrons. The predicted octanol–water partition coefficient (Wildman–Crippen LogP) is 10.4. The second-order valence-corrected chi connectivity index (χ2v) is 14.7. The summed E-state index contributed by atoms with van der Waals surface area (Å²) < 4.78 is 2.48. The highest BCUT2D eigenvalue weighted by atomic mass is 35.5. The first-order chi connectivity index (χ1) is 22.7. The fourth-order valence-corrected chi connectivity index (χ4v) is 7.99. The van der Waals surface area contributed by atoms with Gasteiger partial charge in [-0.25, -0.2) is 0 Å². The summed E-state index contributed by atoms with van der Waals surface area (Å²) in [7, 11) is 0. The standard InChI is InChI=1S/C42H52ClN2O2/c1-41(2)34-20-9-11-22-36(34)44(28-13-5-7-15-30-46)38(41)26-24-32-18-17-19-33(40(32)43)25-27-39-42(3,4)35-21-10-12-23-37(35)45(39)29-14-6-8-16-31-47/h9-12,20-27,30-31H,5-8,13-19,28-29H2,1-4H3/q+1. The van der Waals surface area contributed by atoms with Gasteiger partial charge in [-0.2, -0.15) is 4.58 Å². The van der Waals surface area contributed by atoms with E-state index in [1.165, 1.54) is 45.1 Å². The van der Waals surface area contributed by atoms with Gasteiger partial charge in [0.1, 0.15) is 19.1 Å². The maximum atomic E-state index is 10.8. The molecule has 5 rings (SSSR count). The lowest BCUT2D eigenvalue weighted by Gasteiger charge is -2.27. The first kappa shape index (κ1) is 34.8. The lowest BCUT2D eigenvalue weighted by atomic mass is 9.81. The minimum absolute atomic E-state index is 0.111. The van der Waals surface area contributed by atoms with Gasteiger partial charge < -0.3 is 14.5 Å². The normalized spacial score (nSPS) is 20.1. The molecular weight excluding hydrogens is 600 g/mol. The molecule has 0 N–H and O–H groups in total. The minimum Gasteiger partial charge on any atom is -0.344 e. The second-order valence-electron chi connectivity index (χ2n) is 14.3. The number of allylic oxidation sites excluding steroid dienone is 8. The number of hydrogen-bond donors (Lipinski definition) is 0. The molecular formula is C42H52ClN2O2+. The molecule has 248 valence electrons. The van der Waals surface area contributed by atoms with Gasteiger partial charge in [0.15, 0.2) is 5.71 Å². The predicted molar refractivity (Wildman–Crippen MR) is 197 cm³/mol. The minimum atomic E-state index is -0.111. The summed E-state index contributed by atoms with van der Waals surface area (Å²) in [6.45, 7) is 11.2. The zero-order chi connectivity index (χ0) is 33.4. The van der Waals surface area contributed by atoms with Crippen molar-refractivity contribution in [2.24, 2.45) is 0 Å². The number of nitrogens with zero attached hydrogens (tertiary/aromatic N) is 2. The Morgan fingerprint density at radius 2 is 1.45 bits per heavy atom. The molecule has 2 aliphatic heterocycles. The molecule has 1 aliphatic carbocycles. The summed E-state index contributed by atoms with van der Waals surface area (Å²) in [5.41, 5.74) is 10.1. The summed E-state index contributed by atoms with van der Waals surface area (Å²) >= 11 is 7.21. The number of rotatable bonds is 15. The Morgan fingerprint density at radius 1 is 0.766 bits per heavy atom. The van der Waals surface area contributed by atoms with Crippen LogP contribution in [0.25, 0.3) is 0 Å². The number of anilines is 1. The van der Waals surface area contributed by atoms with Gasteiger partial charge in [-0.15, -0.1) is 0 Å². The fraction of sp³-hybridized carbons (Fsp3) is 0.452. The molecule has 0 amide bonds. The van der Waals surface area contributed by atoms with Gasteiger partial charge in [0, 0.05) is 65.3 Å². The molecule has 0 atom stereocenters. The highest BCUT2D eigenvalue weighted by Crippen LogP contribution is 2.48. The quantitative estimate of drug-likeness (QED) is 0.109. The third-order valence-corrected chi connectivity index (χ3v) is 10.8. The van der Waals surface area contributed by atoms with E-state index in [4.69, 9.17) is 11.6 Å². The van der Waals surface area contributed by atoms with Crippen LogP contribution < -0.4 is 4.90 Å². The van der Waals surface area contributed by atoms with Crippen LogP contribution in [0.4, 0.5) is 11.4 Å². The zero-order valence-corrected chi connectivity index (χ0v) is 29.6. The Balaban J connectivity index is 1.42. The van der Waals surface area contributed by atoms with Crippen LogP contribution in [0, 0.1) is 0 Å². The van der Waals surface area contributed by atoms with E-state index < -0.39 is 0 Å². The molecule has 5 heteroatoms. The van der Waals surface area contributed by atoms with Gasteiger partial charge >= 0.3 is 0 Å². The van der Waals surface area contributed by atoms with Crippen molar-refractivity contribution in [2.75, 3.05) is 18.0 Å². The summed E-state index contributed by atoms with van der Waals surface area (Å²) in [5.74, 6) is 0. The molecule has 0 unspecified atom stereocenters. The highest BCUT2D eigenvalue weighted by Gasteiger charge is 2.44. The monoisotopic (exact) mass is 651 g/mol. The van der Waals surface area contributed by atoms with Crippen LogP contribution in [0.2, 0.25) is 0 Å². The molecule has 0 spiro atoms. The van der Waals surface area contributed by atoms with E-state index in [-0.39, 0.29) is 10.8 Å². The van der Waals surface area contributed by atoms with Crippen molar-refractivity contribution in [1.82, 2.24) is 0 Å². The largest absolute Gasteiger partial charge is 0.344 e. The second kappa shape index (κ2) is 15.6. The zero-order valence-electron chi connectivity index (χ0n) is 28.9. The topological polar surface area (TPSA) is 40.4 Å². The number of fused-ring (bicyclic) bond motifs is 2. The molecule has 0 fully saturated rings. The van der Waals surface area contributed by atoms with Crippen LogP contribution in [-0.4, -0.2) is 35.9 Å². The van der Waals surface area contributed by atoms with Crippen LogP contribution in [0.15, 0.2) is 94.7 Å². The number of carbonyl (C=O) groups excluding carboxylic acids is 2. The number of aldehydes is 2. The molecule has 0 saturated heterocycles. The molecule has 47 heavy (non-hydrogen) atoms. The molecule has 4 nitrogen and oxygen atoms in total. The first-order valence-electron chi connectivity index (χ1n) is 17.7. The van der Waals surface area contributed by atoms with Crippen LogP contribution in [-0.2, 0) is 20.4 Å². The van der Waals surface area contributed by atoms with E-state index >= 15 is 0 Å². The molecule has 2 heterocycles. The Labute approximate surface area is 287 Å². The van der Waals surface area contributed by atoms with Crippen molar-refractivity contribution < 1.29 is 14.2 Å². The van der Waals surface area contributed by atoms with Crippen LogP contribution in [0.3, 0.4) is 0 Å². The summed E-state index contributed by atoms with van der Waals surface area (Å²) in [6.07, 6.45) is 21.6. The van der Waals surface area contributed by atoms with Gasteiger partial charge in [-0.1, -0.05) is 80.4 Å². The number of unbranched alkanes of at least 4 members (excludes halogenated alkanes) is 6. The number of halogens is 1. The van der Waals surface area contributed by atoms with E-state index in [9.17, 15) is 9.59 Å². The van der Waals surface area contributed by atoms with Crippen molar-refractivity contribution in [3.05, 3.63) is 106 Å². The summed E-state index contributed by atoms with van der Waals surface area (Å²) in [5, 5.41) is 0.882. The van der Waals surface area contributed by atoms with E-state index in [0.29, 0.717) is 12.8 Å². The van der Waals surface area contributed by atoms with Crippen LogP contribution in [0.1, 0.15) is 109 Å². The number of para-hydroxylation sites is 2. The van der Waals surface area contributed by atoms with E-state index in [1.54, 1.807) is 0 Å². The lowest BCUT2D eigenvalue weighted by molar-refractivity contribution is -0.438. The number of carbonyl (C=O) groups is 2. The smallest absolute Gasteiger partial charge is 0.209 e. The average molecular weight is 652 g/mol. The summed E-state index contributed by atoms with van der Waals surface area (Å²) in [6, 6.07) is 17.5. The maximum Gasteiger partial charge on any atom is 0.209 e. The Hall–Kier alpha value is -3.50. The van der Waals surface area contributed by atoms with Gasteiger partial charge in [0.2, 0.25) is 5.69 Å². The van der Waals surface area contributed by atoms with Crippen molar-refractivity contribution in [3.8, 4) is 0 Å². The molecule has 3 aliphatic rings. The Morgan fingerprint density at radius 3 is 2.19 bits per heavy atom. The fourth-order valence-electron chi connectivity index (χ4n) is 7.68. The molecule has 2 aromatic carbocycles. The third-order valence-electron chi connectivity index (χ3n) is 10.3. The number of benzene rings is 2. The highest BCUT2D eigenvalue weighted by molar-refractivity contribution is 6.32. The van der Waals surface area contributed by atoms with Crippen molar-refractivity contribution in [1.29, 1.82) is 0 Å². The first-order valence-corrected chi connectivity index (χ1v) is 18.1. The maximum absolute atomic E-state index is 10.8. The average Bonchev–Trinajstić information content (AvgIpc) is 3.42. The van der Waals surface area contributed by atoms with Gasteiger partial charge in [0.25, 0.3) is 0 Å². The number of hydrogen-bond acceptors (Lipinski definition) is 3. The SMILES string of the molecule is CC1(C)C(/C=C/C2=C(Cl)C(=C/C=C3/N(CCCCCC=O)c4ccccc4C3(C)C)/CCC2)=[N+](CCCCCC=O)c2ccccc21. The van der Waals surface area contributed by atoms with Crippen LogP contribution >= 0.6 is 11.6 Å².